The Morgan fingerprint density at radius 3 is 2.50 bits per heavy atom. The fourth-order valence-corrected chi connectivity index (χ4v) is 2.12. The highest BCUT2D eigenvalue weighted by atomic mass is 16.3. The molecule has 0 atom stereocenters. The first-order valence-electron chi connectivity index (χ1n) is 4.96. The molecule has 0 aromatic carbocycles. The monoisotopic (exact) mass is 170 g/mol. The molecule has 2 aliphatic heterocycles. The molecule has 2 heterocycles. The van der Waals surface area contributed by atoms with Gasteiger partial charge >= 0.3 is 0 Å². The Labute approximate surface area is 73.8 Å². The number of piperidine rings is 1. The lowest BCUT2D eigenvalue weighted by Gasteiger charge is -2.39. The smallest absolute Gasteiger partial charge is 0.0793 e. The first kappa shape index (κ1) is 8.48. The topological polar surface area (TPSA) is 35.5 Å². The van der Waals surface area contributed by atoms with Gasteiger partial charge in [0.1, 0.15) is 0 Å². The molecule has 12 heavy (non-hydrogen) atoms. The first-order valence-corrected chi connectivity index (χ1v) is 4.96. The third-order valence-electron chi connectivity index (χ3n) is 2.91. The molecular formula is C9H18N2O. The van der Waals surface area contributed by atoms with Crippen molar-refractivity contribution in [2.75, 3.05) is 32.7 Å². The van der Waals surface area contributed by atoms with E-state index in [0.29, 0.717) is 0 Å². The van der Waals surface area contributed by atoms with Crippen molar-refractivity contribution in [1.82, 2.24) is 10.2 Å². The number of hydrogen-bond donors (Lipinski definition) is 2. The summed E-state index contributed by atoms with van der Waals surface area (Å²) in [6, 6.07) is 0. The normalized spacial score (nSPS) is 28.8. The van der Waals surface area contributed by atoms with Crippen molar-refractivity contribution < 1.29 is 5.11 Å². The van der Waals surface area contributed by atoms with Gasteiger partial charge in [-0.2, -0.15) is 0 Å². The van der Waals surface area contributed by atoms with Gasteiger partial charge in [0.25, 0.3) is 0 Å². The Hall–Kier alpha value is -0.120. The van der Waals surface area contributed by atoms with Gasteiger partial charge in [0.2, 0.25) is 0 Å². The number of nitrogens with one attached hydrogen (secondary N) is 1. The molecule has 2 aliphatic rings. The Morgan fingerprint density at radius 2 is 1.92 bits per heavy atom. The van der Waals surface area contributed by atoms with Crippen molar-refractivity contribution in [3.05, 3.63) is 0 Å². The summed E-state index contributed by atoms with van der Waals surface area (Å²) in [5.74, 6) is 0.874. The summed E-state index contributed by atoms with van der Waals surface area (Å²) in [6.45, 7) is 5.38. The second-order valence-electron chi connectivity index (χ2n) is 4.07. The second-order valence-corrected chi connectivity index (χ2v) is 4.07. The van der Waals surface area contributed by atoms with Crippen LogP contribution in [-0.4, -0.2) is 48.8 Å². The van der Waals surface area contributed by atoms with Gasteiger partial charge in [-0.15, -0.1) is 0 Å². The molecule has 0 unspecified atom stereocenters. The highest BCUT2D eigenvalue weighted by molar-refractivity contribution is 4.82. The third-order valence-corrected chi connectivity index (χ3v) is 2.91. The Balaban J connectivity index is 1.65. The van der Waals surface area contributed by atoms with E-state index in [2.05, 4.69) is 10.2 Å². The summed E-state index contributed by atoms with van der Waals surface area (Å²) in [6.07, 6.45) is 2.59. The standard InChI is InChI=1S/C9H18N2O/c12-9-6-11(7-9)5-8-1-3-10-4-2-8/h8-10,12H,1-7H2. The van der Waals surface area contributed by atoms with Crippen LogP contribution in [0, 0.1) is 5.92 Å². The van der Waals surface area contributed by atoms with E-state index in [0.717, 1.165) is 19.0 Å². The van der Waals surface area contributed by atoms with Crippen molar-refractivity contribution in [3.8, 4) is 0 Å². The molecule has 0 bridgehead atoms. The van der Waals surface area contributed by atoms with Crippen LogP contribution in [0.3, 0.4) is 0 Å². The summed E-state index contributed by atoms with van der Waals surface area (Å²) < 4.78 is 0. The lowest BCUT2D eigenvalue weighted by Crippen LogP contribution is -2.52. The molecule has 70 valence electrons. The van der Waals surface area contributed by atoms with Crippen LogP contribution in [0.4, 0.5) is 0 Å². The summed E-state index contributed by atoms with van der Waals surface area (Å²) in [4.78, 5) is 2.36. The molecule has 2 rings (SSSR count). The zero-order chi connectivity index (χ0) is 8.39. The highest BCUT2D eigenvalue weighted by Gasteiger charge is 2.26. The molecular weight excluding hydrogens is 152 g/mol. The van der Waals surface area contributed by atoms with E-state index in [1.54, 1.807) is 0 Å². The first-order chi connectivity index (χ1) is 5.84. The van der Waals surface area contributed by atoms with Crippen molar-refractivity contribution in [1.29, 1.82) is 0 Å². The van der Waals surface area contributed by atoms with E-state index in [4.69, 9.17) is 5.11 Å². The maximum Gasteiger partial charge on any atom is 0.0793 e. The minimum Gasteiger partial charge on any atom is -0.390 e. The van der Waals surface area contributed by atoms with Crippen LogP contribution in [-0.2, 0) is 0 Å². The minimum absolute atomic E-state index is 0.0354. The fraction of sp³-hybridized carbons (Fsp3) is 1.00. The average molecular weight is 170 g/mol. The Kier molecular flexibility index (Phi) is 2.63. The van der Waals surface area contributed by atoms with E-state index in [1.807, 2.05) is 0 Å². The second kappa shape index (κ2) is 3.73. The summed E-state index contributed by atoms with van der Waals surface area (Å²) in [5.41, 5.74) is 0. The van der Waals surface area contributed by atoms with E-state index >= 15 is 0 Å². The van der Waals surface area contributed by atoms with E-state index in [9.17, 15) is 0 Å². The van der Waals surface area contributed by atoms with E-state index in [-0.39, 0.29) is 6.10 Å². The largest absolute Gasteiger partial charge is 0.390 e. The number of β-amino-alcohol motifs (C(OH)–C–C–N with tert-alkyl or cyclic N) is 1. The summed E-state index contributed by atoms with van der Waals surface area (Å²) in [5, 5.41) is 12.5. The van der Waals surface area contributed by atoms with Crippen LogP contribution < -0.4 is 5.32 Å². The van der Waals surface area contributed by atoms with Crippen molar-refractivity contribution in [3.63, 3.8) is 0 Å². The number of rotatable bonds is 2. The summed E-state index contributed by atoms with van der Waals surface area (Å²) in [7, 11) is 0. The fourth-order valence-electron chi connectivity index (χ4n) is 2.12. The van der Waals surface area contributed by atoms with Gasteiger partial charge in [0.15, 0.2) is 0 Å². The third kappa shape index (κ3) is 1.97. The van der Waals surface area contributed by atoms with Gasteiger partial charge < -0.3 is 10.4 Å². The van der Waals surface area contributed by atoms with E-state index < -0.39 is 0 Å². The molecule has 2 saturated heterocycles. The summed E-state index contributed by atoms with van der Waals surface area (Å²) >= 11 is 0. The number of aliphatic hydroxyl groups is 1. The predicted molar refractivity (Wildman–Crippen MR) is 48.0 cm³/mol. The molecule has 2 N–H and O–H groups in total. The number of hydrogen-bond acceptors (Lipinski definition) is 3. The maximum atomic E-state index is 9.09. The lowest BCUT2D eigenvalue weighted by atomic mass is 9.96. The van der Waals surface area contributed by atoms with Crippen molar-refractivity contribution in [2.45, 2.75) is 18.9 Å². The van der Waals surface area contributed by atoms with Gasteiger partial charge in [-0.1, -0.05) is 0 Å². The molecule has 0 saturated carbocycles. The van der Waals surface area contributed by atoms with Crippen LogP contribution >= 0.6 is 0 Å². The van der Waals surface area contributed by atoms with Crippen LogP contribution in [0.5, 0.6) is 0 Å². The van der Waals surface area contributed by atoms with Gasteiger partial charge in [-0.3, -0.25) is 4.90 Å². The highest BCUT2D eigenvalue weighted by Crippen LogP contribution is 2.17. The molecule has 0 aromatic heterocycles. The average Bonchev–Trinajstić information content (AvgIpc) is 2.04. The minimum atomic E-state index is -0.0354. The molecule has 0 aliphatic carbocycles. The zero-order valence-electron chi connectivity index (χ0n) is 7.50. The Bertz CT molecular complexity index is 139. The Morgan fingerprint density at radius 1 is 1.25 bits per heavy atom. The van der Waals surface area contributed by atoms with Gasteiger partial charge in [0, 0.05) is 19.6 Å². The number of aliphatic hydroxyl groups excluding tert-OH is 1. The van der Waals surface area contributed by atoms with Crippen LogP contribution in [0.15, 0.2) is 0 Å². The molecule has 3 nitrogen and oxygen atoms in total. The maximum absolute atomic E-state index is 9.09. The molecule has 0 amide bonds. The molecule has 0 radical (unpaired) electrons. The quantitative estimate of drug-likeness (QED) is 0.595. The molecule has 0 spiro atoms. The predicted octanol–water partition coefficient (Wildman–Crippen LogP) is -0.337. The van der Waals surface area contributed by atoms with Gasteiger partial charge in [-0.05, 0) is 31.8 Å². The van der Waals surface area contributed by atoms with Gasteiger partial charge in [0.05, 0.1) is 6.10 Å². The molecule has 3 heteroatoms. The zero-order valence-corrected chi connectivity index (χ0v) is 7.50. The van der Waals surface area contributed by atoms with Crippen LogP contribution in [0.25, 0.3) is 0 Å². The molecule has 2 fully saturated rings. The van der Waals surface area contributed by atoms with Crippen molar-refractivity contribution in [2.24, 2.45) is 5.92 Å². The number of likely N-dealkylation sites (tertiary alicyclic amines) is 1. The lowest BCUT2D eigenvalue weighted by molar-refractivity contribution is -0.00884. The van der Waals surface area contributed by atoms with Crippen LogP contribution in [0.1, 0.15) is 12.8 Å². The van der Waals surface area contributed by atoms with Gasteiger partial charge in [-0.25, -0.2) is 0 Å². The van der Waals surface area contributed by atoms with Crippen molar-refractivity contribution >= 4 is 0 Å². The number of nitrogens with zero attached hydrogens (tertiary/aromatic N) is 1. The van der Waals surface area contributed by atoms with Crippen LogP contribution in [0.2, 0.25) is 0 Å². The van der Waals surface area contributed by atoms with E-state index in [1.165, 1.54) is 32.5 Å². The SMILES string of the molecule is OC1CN(CC2CCNCC2)C1. The molecule has 0 aromatic rings.